The van der Waals surface area contributed by atoms with E-state index >= 15 is 0 Å². The monoisotopic (exact) mass is 484 g/mol. The lowest BCUT2D eigenvalue weighted by Crippen LogP contribution is -2.32. The maximum Gasteiger partial charge on any atom is 0.230 e. The summed E-state index contributed by atoms with van der Waals surface area (Å²) in [5.74, 6) is -0.696. The van der Waals surface area contributed by atoms with Crippen LogP contribution in [0.25, 0.3) is 0 Å². The number of anilines is 2. The van der Waals surface area contributed by atoms with Gasteiger partial charge in [-0.2, -0.15) is 0 Å². The molecule has 1 aliphatic heterocycles. The molecule has 1 fully saturated rings. The number of carbonyl (C=O) groups excluding carboxylic acids is 3. The van der Waals surface area contributed by atoms with Crippen LogP contribution in [0.15, 0.2) is 78.4 Å². The Kier molecular flexibility index (Phi) is 6.05. The largest absolute Gasteiger partial charge is 0.331 e. The lowest BCUT2D eigenvalue weighted by Gasteiger charge is -2.27. The van der Waals surface area contributed by atoms with E-state index in [0.717, 1.165) is 16.1 Å². The smallest absolute Gasteiger partial charge is 0.230 e. The Morgan fingerprint density at radius 1 is 1.06 bits per heavy atom. The minimum Gasteiger partial charge on any atom is -0.331 e. The van der Waals surface area contributed by atoms with Gasteiger partial charge in [-0.05, 0) is 54.8 Å². The van der Waals surface area contributed by atoms with Gasteiger partial charge in [0.1, 0.15) is 0 Å². The molecule has 7 nitrogen and oxygen atoms in total. The number of amides is 2. The molecular weight excluding hydrogens is 460 g/mol. The molecule has 0 spiro atoms. The molecule has 0 saturated carbocycles. The summed E-state index contributed by atoms with van der Waals surface area (Å²) < 4.78 is 1.67. The molecule has 35 heavy (non-hydrogen) atoms. The minimum atomic E-state index is -0.545. The van der Waals surface area contributed by atoms with E-state index in [1.807, 2.05) is 48.7 Å². The third-order valence-electron chi connectivity index (χ3n) is 6.25. The van der Waals surface area contributed by atoms with Crippen molar-refractivity contribution in [2.24, 2.45) is 13.0 Å². The van der Waals surface area contributed by atoms with Crippen LogP contribution in [-0.2, 0) is 16.6 Å². The van der Waals surface area contributed by atoms with Gasteiger partial charge in [-0.25, -0.2) is 4.98 Å². The standard InChI is InChI=1S/C27H24N4O3S/c1-17-5-11-20(12-6-17)31-23(32)16-21(24(31)22-4-3-15-35-22)27(34)29-19-9-7-18(8-10-19)25(33)26-28-13-14-30(26)2/h3-15,21,24H,16H2,1-2H3,(H,29,34). The molecule has 5 rings (SSSR count). The van der Waals surface area contributed by atoms with Gasteiger partial charge in [0, 0.05) is 47.7 Å². The average Bonchev–Trinajstić information content (AvgIpc) is 3.60. The molecule has 0 aliphatic carbocycles. The number of nitrogens with zero attached hydrogens (tertiary/aromatic N) is 3. The lowest BCUT2D eigenvalue weighted by atomic mass is 9.97. The number of aryl methyl sites for hydroxylation is 2. The van der Waals surface area contributed by atoms with Gasteiger partial charge in [0.2, 0.25) is 17.6 Å². The Bertz CT molecular complexity index is 1370. The topological polar surface area (TPSA) is 84.3 Å². The van der Waals surface area contributed by atoms with Gasteiger partial charge in [0.15, 0.2) is 5.82 Å². The van der Waals surface area contributed by atoms with Crippen LogP contribution in [0.2, 0.25) is 0 Å². The van der Waals surface area contributed by atoms with Gasteiger partial charge in [0.25, 0.3) is 0 Å². The lowest BCUT2D eigenvalue weighted by molar-refractivity contribution is -0.122. The molecule has 2 amide bonds. The van der Waals surface area contributed by atoms with Crippen molar-refractivity contribution in [3.05, 3.63) is 100 Å². The second-order valence-electron chi connectivity index (χ2n) is 8.63. The Balaban J connectivity index is 1.37. The van der Waals surface area contributed by atoms with E-state index in [0.29, 0.717) is 17.1 Å². The number of hydrogen-bond donors (Lipinski definition) is 1. The van der Waals surface area contributed by atoms with Gasteiger partial charge in [0.05, 0.1) is 12.0 Å². The summed E-state index contributed by atoms with van der Waals surface area (Å²) in [6, 6.07) is 18.0. The molecule has 2 unspecified atom stereocenters. The van der Waals surface area contributed by atoms with E-state index in [4.69, 9.17) is 0 Å². The van der Waals surface area contributed by atoms with Gasteiger partial charge in [-0.15, -0.1) is 11.3 Å². The van der Waals surface area contributed by atoms with Gasteiger partial charge >= 0.3 is 0 Å². The van der Waals surface area contributed by atoms with Gasteiger partial charge in [-0.3, -0.25) is 14.4 Å². The molecule has 3 heterocycles. The number of ketones is 1. The second-order valence-corrected chi connectivity index (χ2v) is 9.61. The van der Waals surface area contributed by atoms with E-state index in [1.165, 1.54) is 11.3 Å². The Morgan fingerprint density at radius 2 is 1.80 bits per heavy atom. The Hall–Kier alpha value is -4.04. The van der Waals surface area contributed by atoms with Crippen molar-refractivity contribution in [3.8, 4) is 0 Å². The summed E-state index contributed by atoms with van der Waals surface area (Å²) in [5, 5.41) is 4.90. The molecule has 4 aromatic rings. The highest BCUT2D eigenvalue weighted by molar-refractivity contribution is 7.10. The maximum absolute atomic E-state index is 13.4. The third kappa shape index (κ3) is 4.40. The summed E-state index contributed by atoms with van der Waals surface area (Å²) in [5.41, 5.74) is 2.94. The van der Waals surface area contributed by atoms with Crippen LogP contribution in [0.3, 0.4) is 0 Å². The Morgan fingerprint density at radius 3 is 2.43 bits per heavy atom. The summed E-state index contributed by atoms with van der Waals surface area (Å²) in [4.78, 5) is 45.9. The third-order valence-corrected chi connectivity index (χ3v) is 7.19. The van der Waals surface area contributed by atoms with Crippen molar-refractivity contribution in [3.63, 3.8) is 0 Å². The molecule has 2 aromatic heterocycles. The highest BCUT2D eigenvalue weighted by Gasteiger charge is 2.45. The highest BCUT2D eigenvalue weighted by atomic mass is 32.1. The fraction of sp³-hybridized carbons (Fsp3) is 0.185. The van der Waals surface area contributed by atoms with Crippen LogP contribution in [0, 0.1) is 12.8 Å². The fourth-order valence-corrected chi connectivity index (χ4v) is 5.30. The van der Waals surface area contributed by atoms with Crippen LogP contribution in [0.5, 0.6) is 0 Å². The predicted molar refractivity (Wildman–Crippen MR) is 136 cm³/mol. The Labute approximate surface area is 207 Å². The number of nitrogens with one attached hydrogen (secondary N) is 1. The fourth-order valence-electron chi connectivity index (χ4n) is 4.42. The zero-order valence-electron chi connectivity index (χ0n) is 19.3. The second kappa shape index (κ2) is 9.31. The summed E-state index contributed by atoms with van der Waals surface area (Å²) in [6.45, 7) is 2.00. The molecule has 0 radical (unpaired) electrons. The molecule has 2 atom stereocenters. The zero-order valence-corrected chi connectivity index (χ0v) is 20.2. The number of carbonyl (C=O) groups is 3. The molecular formula is C27H24N4O3S. The summed E-state index contributed by atoms with van der Waals surface area (Å²) in [6.07, 6.45) is 3.42. The highest BCUT2D eigenvalue weighted by Crippen LogP contribution is 2.43. The molecule has 8 heteroatoms. The van der Waals surface area contributed by atoms with Crippen molar-refractivity contribution in [1.82, 2.24) is 9.55 Å². The maximum atomic E-state index is 13.4. The van der Waals surface area contributed by atoms with Crippen LogP contribution < -0.4 is 10.2 Å². The van der Waals surface area contributed by atoms with E-state index in [1.54, 1.807) is 53.2 Å². The van der Waals surface area contributed by atoms with E-state index < -0.39 is 5.92 Å². The quantitative estimate of drug-likeness (QED) is 0.400. The first-order valence-corrected chi connectivity index (χ1v) is 12.2. The normalized spacial score (nSPS) is 17.5. The molecule has 176 valence electrons. The first-order chi connectivity index (χ1) is 16.9. The molecule has 1 N–H and O–H groups in total. The molecule has 1 aliphatic rings. The van der Waals surface area contributed by atoms with Crippen molar-refractivity contribution in [2.75, 3.05) is 10.2 Å². The van der Waals surface area contributed by atoms with Crippen molar-refractivity contribution in [2.45, 2.75) is 19.4 Å². The molecule has 1 saturated heterocycles. The minimum absolute atomic E-state index is 0.0802. The van der Waals surface area contributed by atoms with Crippen molar-refractivity contribution in [1.29, 1.82) is 0 Å². The van der Waals surface area contributed by atoms with E-state index in [2.05, 4.69) is 10.3 Å². The first kappa shape index (κ1) is 22.7. The van der Waals surface area contributed by atoms with Gasteiger partial charge < -0.3 is 14.8 Å². The van der Waals surface area contributed by atoms with Crippen molar-refractivity contribution >= 4 is 40.3 Å². The number of benzene rings is 2. The number of rotatable bonds is 6. The molecule has 2 aromatic carbocycles. The van der Waals surface area contributed by atoms with Gasteiger partial charge in [-0.1, -0.05) is 23.8 Å². The number of thiophene rings is 1. The first-order valence-electron chi connectivity index (χ1n) is 11.3. The average molecular weight is 485 g/mol. The van der Waals surface area contributed by atoms with E-state index in [-0.39, 0.29) is 30.1 Å². The summed E-state index contributed by atoms with van der Waals surface area (Å²) >= 11 is 1.54. The van der Waals surface area contributed by atoms with Crippen LogP contribution >= 0.6 is 11.3 Å². The predicted octanol–water partition coefficient (Wildman–Crippen LogP) is 4.75. The number of aromatic nitrogens is 2. The number of imidazole rings is 1. The van der Waals surface area contributed by atoms with Crippen LogP contribution in [0.4, 0.5) is 11.4 Å². The van der Waals surface area contributed by atoms with Crippen LogP contribution in [-0.4, -0.2) is 27.1 Å². The zero-order chi connectivity index (χ0) is 24.5. The molecule has 0 bridgehead atoms. The SMILES string of the molecule is Cc1ccc(N2C(=O)CC(C(=O)Nc3ccc(C(=O)c4nccn4C)cc3)C2c2cccs2)cc1. The summed E-state index contributed by atoms with van der Waals surface area (Å²) in [7, 11) is 1.77. The number of hydrogen-bond acceptors (Lipinski definition) is 5. The van der Waals surface area contributed by atoms with Crippen molar-refractivity contribution < 1.29 is 14.4 Å². The van der Waals surface area contributed by atoms with Crippen LogP contribution in [0.1, 0.15) is 39.1 Å². The van der Waals surface area contributed by atoms with E-state index in [9.17, 15) is 14.4 Å².